The predicted octanol–water partition coefficient (Wildman–Crippen LogP) is 11.6. The van der Waals surface area contributed by atoms with E-state index in [4.69, 9.17) is 0 Å². The molecular formula is C48H50N8. The van der Waals surface area contributed by atoms with E-state index in [1.807, 2.05) is 198 Å². The van der Waals surface area contributed by atoms with Crippen LogP contribution in [0.5, 0.6) is 0 Å². The molecule has 0 saturated heterocycles. The minimum atomic E-state index is 0.939. The van der Waals surface area contributed by atoms with Crippen molar-refractivity contribution in [3.8, 4) is 0 Å². The summed E-state index contributed by atoms with van der Waals surface area (Å²) in [5.41, 5.74) is 12.5. The molecule has 7 aromatic rings. The van der Waals surface area contributed by atoms with Crippen molar-refractivity contribution in [1.82, 2.24) is 19.9 Å². The smallest absolute Gasteiger partial charge is 0.0658 e. The van der Waals surface area contributed by atoms with E-state index in [1.54, 1.807) is 0 Å². The molecule has 8 bridgehead atoms. The van der Waals surface area contributed by atoms with Gasteiger partial charge in [-0.1, -0.05) is 72.8 Å². The lowest BCUT2D eigenvalue weighted by atomic mass is 10.3. The third-order valence-corrected chi connectivity index (χ3v) is 8.29. The van der Waals surface area contributed by atoms with Crippen LogP contribution in [0, 0.1) is 0 Å². The van der Waals surface area contributed by atoms with E-state index in [2.05, 4.69) is 65.5 Å². The number of aromatic amines is 2. The fraction of sp³-hybridized carbons (Fsp3) is 0.0833. The number of para-hydroxylation sites is 4. The summed E-state index contributed by atoms with van der Waals surface area (Å²) in [6, 6.07) is 56.6. The van der Waals surface area contributed by atoms with Gasteiger partial charge in [0.15, 0.2) is 0 Å². The molecule has 0 fully saturated rings. The first kappa shape index (κ1) is 39.9. The molecule has 2 aliphatic rings. The maximum atomic E-state index is 4.63. The number of fused-ring (bicyclic) bond motifs is 8. The molecule has 0 aliphatic carbocycles. The van der Waals surface area contributed by atoms with Crippen LogP contribution in [-0.2, 0) is 0 Å². The first-order valence-electron chi connectivity index (χ1n) is 18.5. The number of nitrogens with one attached hydrogen (secondary N) is 6. The Bertz CT molecular complexity index is 2070. The molecule has 0 amide bonds. The average molecular weight is 739 g/mol. The molecule has 56 heavy (non-hydrogen) atoms. The van der Waals surface area contributed by atoms with Gasteiger partial charge in [-0.3, -0.25) is 0 Å². The summed E-state index contributed by atoms with van der Waals surface area (Å²) < 4.78 is 0. The number of anilines is 4. The summed E-state index contributed by atoms with van der Waals surface area (Å²) in [5, 5.41) is 12.1. The van der Waals surface area contributed by atoms with E-state index in [-0.39, 0.29) is 0 Å². The van der Waals surface area contributed by atoms with E-state index in [9.17, 15) is 0 Å². The van der Waals surface area contributed by atoms with Crippen LogP contribution in [0.15, 0.2) is 170 Å². The lowest BCUT2D eigenvalue weighted by Crippen LogP contribution is -1.84. The van der Waals surface area contributed by atoms with Crippen LogP contribution < -0.4 is 21.3 Å². The Morgan fingerprint density at radius 3 is 0.696 bits per heavy atom. The highest BCUT2D eigenvalue weighted by Crippen LogP contribution is 2.17. The van der Waals surface area contributed by atoms with E-state index in [0.717, 1.165) is 67.6 Å². The Hall–Kier alpha value is -7.32. The molecule has 5 heterocycles. The number of hydrogen-bond donors (Lipinski definition) is 6. The van der Waals surface area contributed by atoms with Crippen molar-refractivity contribution < 1.29 is 0 Å². The second-order valence-electron chi connectivity index (χ2n) is 12.4. The zero-order valence-corrected chi connectivity index (χ0v) is 32.4. The second-order valence-corrected chi connectivity index (χ2v) is 12.4. The molecule has 0 radical (unpaired) electrons. The Kier molecular flexibility index (Phi) is 15.7. The Labute approximate surface area is 330 Å². The van der Waals surface area contributed by atoms with Gasteiger partial charge in [0.2, 0.25) is 0 Å². The molecular weight excluding hydrogens is 689 g/mol. The van der Waals surface area contributed by atoms with Crippen molar-refractivity contribution >= 4 is 69.1 Å². The predicted molar refractivity (Wildman–Crippen MR) is 243 cm³/mol. The first-order valence-corrected chi connectivity index (χ1v) is 18.5. The van der Waals surface area contributed by atoms with Crippen LogP contribution in [0.2, 0.25) is 0 Å². The summed E-state index contributed by atoms with van der Waals surface area (Å²) in [7, 11) is 7.65. The molecule has 6 N–H and O–H groups in total. The minimum absolute atomic E-state index is 0.939. The lowest BCUT2D eigenvalue weighted by molar-refractivity contribution is 1.31. The van der Waals surface area contributed by atoms with E-state index >= 15 is 0 Å². The Balaban J connectivity index is 0.000000154. The summed E-state index contributed by atoms with van der Waals surface area (Å²) in [6.45, 7) is 0. The van der Waals surface area contributed by atoms with Crippen molar-refractivity contribution in [3.63, 3.8) is 0 Å². The van der Waals surface area contributed by atoms with Gasteiger partial charge in [-0.05, 0) is 121 Å². The van der Waals surface area contributed by atoms with Crippen LogP contribution in [0.3, 0.4) is 0 Å². The quantitative estimate of drug-likeness (QED) is 0.107. The summed E-state index contributed by atoms with van der Waals surface area (Å²) in [4.78, 5) is 16.0. The number of benzene rings is 4. The number of aromatic nitrogens is 4. The van der Waals surface area contributed by atoms with Gasteiger partial charge in [0, 0.05) is 73.0 Å². The Morgan fingerprint density at radius 2 is 0.518 bits per heavy atom. The summed E-state index contributed by atoms with van der Waals surface area (Å²) >= 11 is 0. The van der Waals surface area contributed by atoms with Crippen LogP contribution in [0.25, 0.3) is 46.4 Å². The third-order valence-electron chi connectivity index (χ3n) is 8.29. The summed E-state index contributed by atoms with van der Waals surface area (Å²) in [6.07, 6.45) is 8.09. The normalized spacial score (nSPS) is 10.4. The average Bonchev–Trinajstić information content (AvgIpc) is 4.10. The highest BCUT2D eigenvalue weighted by molar-refractivity contribution is 5.77. The molecule has 0 spiro atoms. The SMILES string of the molecule is C1=Cc2cc3ccc(cc4nc(cc5ccc(cc1n2)[nH]5)C=C4)[nH]3.CNc1ccccc1.CNc1ccccc1.CNc1ccccc1.CNc1ccccc1. The number of nitrogens with zero attached hydrogens (tertiary/aromatic N) is 2. The van der Waals surface area contributed by atoms with E-state index in [0.29, 0.717) is 0 Å². The maximum absolute atomic E-state index is 4.63. The molecule has 3 aromatic heterocycles. The van der Waals surface area contributed by atoms with Gasteiger partial charge < -0.3 is 31.2 Å². The van der Waals surface area contributed by atoms with Crippen LogP contribution >= 0.6 is 0 Å². The van der Waals surface area contributed by atoms with Gasteiger partial charge >= 0.3 is 0 Å². The van der Waals surface area contributed by atoms with Crippen molar-refractivity contribution in [2.75, 3.05) is 49.5 Å². The number of hydrogen-bond acceptors (Lipinski definition) is 6. The molecule has 9 rings (SSSR count). The zero-order chi connectivity index (χ0) is 39.2. The molecule has 282 valence electrons. The second kappa shape index (κ2) is 22.0. The zero-order valence-electron chi connectivity index (χ0n) is 32.4. The minimum Gasteiger partial charge on any atom is -0.388 e. The van der Waals surface area contributed by atoms with Crippen molar-refractivity contribution in [2.45, 2.75) is 0 Å². The van der Waals surface area contributed by atoms with Gasteiger partial charge in [0.1, 0.15) is 0 Å². The van der Waals surface area contributed by atoms with Gasteiger partial charge in [0.25, 0.3) is 0 Å². The lowest BCUT2D eigenvalue weighted by Gasteiger charge is -1.94. The van der Waals surface area contributed by atoms with Crippen LogP contribution in [0.4, 0.5) is 22.7 Å². The largest absolute Gasteiger partial charge is 0.388 e. The van der Waals surface area contributed by atoms with Crippen LogP contribution in [-0.4, -0.2) is 48.1 Å². The van der Waals surface area contributed by atoms with E-state index < -0.39 is 0 Å². The fourth-order valence-electron chi connectivity index (χ4n) is 5.36. The van der Waals surface area contributed by atoms with Gasteiger partial charge in [-0.25, -0.2) is 9.97 Å². The third kappa shape index (κ3) is 13.6. The molecule has 8 heteroatoms. The fourth-order valence-corrected chi connectivity index (χ4v) is 5.36. The van der Waals surface area contributed by atoms with Crippen molar-refractivity contribution in [3.05, 3.63) is 193 Å². The first-order chi connectivity index (χ1) is 27.5. The maximum Gasteiger partial charge on any atom is 0.0658 e. The van der Waals surface area contributed by atoms with Gasteiger partial charge in [-0.2, -0.15) is 0 Å². The standard InChI is InChI=1S/C20H14N4.4C7H9N/c1-2-14-10-16-5-6-18(23-16)12-20-8-7-19(24-20)11-17-4-3-15(22-17)9-13(1)21-14;4*1-8-7-5-3-2-4-6-7/h1-12,21,24H;4*2-6,8H,1H3. The number of rotatable bonds is 4. The van der Waals surface area contributed by atoms with Gasteiger partial charge in [0.05, 0.1) is 22.8 Å². The number of H-pyrrole nitrogens is 2. The Morgan fingerprint density at radius 1 is 0.304 bits per heavy atom. The highest BCUT2D eigenvalue weighted by atomic mass is 14.8. The summed E-state index contributed by atoms with van der Waals surface area (Å²) in [5.74, 6) is 0. The molecule has 2 aliphatic heterocycles. The molecule has 8 nitrogen and oxygen atoms in total. The van der Waals surface area contributed by atoms with Crippen molar-refractivity contribution in [1.29, 1.82) is 0 Å². The van der Waals surface area contributed by atoms with E-state index in [1.165, 1.54) is 0 Å². The molecule has 0 atom stereocenters. The van der Waals surface area contributed by atoms with Crippen molar-refractivity contribution in [2.24, 2.45) is 0 Å². The molecule has 4 aromatic carbocycles. The van der Waals surface area contributed by atoms with Gasteiger partial charge in [-0.15, -0.1) is 0 Å². The topological polar surface area (TPSA) is 105 Å². The monoisotopic (exact) mass is 738 g/mol. The molecule has 0 saturated carbocycles. The highest BCUT2D eigenvalue weighted by Gasteiger charge is 2.01. The van der Waals surface area contributed by atoms with Crippen LogP contribution in [0.1, 0.15) is 22.8 Å². The molecule has 0 unspecified atom stereocenters.